The summed E-state index contributed by atoms with van der Waals surface area (Å²) in [4.78, 5) is 2.39. The van der Waals surface area contributed by atoms with Gasteiger partial charge >= 0.3 is 0 Å². The van der Waals surface area contributed by atoms with Gasteiger partial charge in [-0.05, 0) is 45.6 Å². The molecule has 2 fully saturated rings. The van der Waals surface area contributed by atoms with Crippen LogP contribution in [0.2, 0.25) is 0 Å². The third-order valence-corrected chi connectivity index (χ3v) is 3.76. The molecule has 1 aliphatic heterocycles. The molecule has 1 N–H and O–H groups in total. The number of nitrogens with zero attached hydrogens (tertiary/aromatic N) is 1. The highest BCUT2D eigenvalue weighted by molar-refractivity contribution is 4.80. The Balaban J connectivity index is 1.76. The fourth-order valence-corrected chi connectivity index (χ4v) is 2.80. The Labute approximate surface area is 92.4 Å². The average Bonchev–Trinajstić information content (AvgIpc) is 2.70. The summed E-state index contributed by atoms with van der Waals surface area (Å²) >= 11 is 0. The molecule has 0 aromatic heterocycles. The molecule has 3 atom stereocenters. The smallest absolute Gasteiger partial charge is 0.0702 e. The van der Waals surface area contributed by atoms with Crippen LogP contribution in [0.3, 0.4) is 0 Å². The Hall–Kier alpha value is -0.120. The number of ether oxygens (including phenoxy) is 1. The van der Waals surface area contributed by atoms with E-state index >= 15 is 0 Å². The van der Waals surface area contributed by atoms with Crippen molar-refractivity contribution >= 4 is 0 Å². The number of aliphatic hydroxyl groups is 1. The summed E-state index contributed by atoms with van der Waals surface area (Å²) in [5, 5.41) is 9.63. The van der Waals surface area contributed by atoms with E-state index in [0.29, 0.717) is 12.1 Å². The Kier molecular flexibility index (Phi) is 4.00. The summed E-state index contributed by atoms with van der Waals surface area (Å²) in [6.07, 6.45) is 7.13. The van der Waals surface area contributed by atoms with Crippen molar-refractivity contribution in [3.05, 3.63) is 0 Å². The Bertz CT molecular complexity index is 192. The Morgan fingerprint density at radius 2 is 2.13 bits per heavy atom. The normalized spacial score (nSPS) is 37.4. The lowest BCUT2D eigenvalue weighted by Crippen LogP contribution is -2.41. The van der Waals surface area contributed by atoms with E-state index in [9.17, 15) is 5.11 Å². The van der Waals surface area contributed by atoms with Gasteiger partial charge in [-0.15, -0.1) is 0 Å². The molecule has 1 aliphatic carbocycles. The predicted octanol–water partition coefficient (Wildman–Crippen LogP) is 1.40. The lowest BCUT2D eigenvalue weighted by molar-refractivity contribution is 0.0349. The molecule has 1 heterocycles. The molecule has 0 amide bonds. The maximum Gasteiger partial charge on any atom is 0.0702 e. The SMILES string of the molecule is CN(CC1CCCO1)C1CCCC(O)C1. The van der Waals surface area contributed by atoms with Gasteiger partial charge in [-0.3, -0.25) is 0 Å². The van der Waals surface area contributed by atoms with E-state index in [-0.39, 0.29) is 6.10 Å². The summed E-state index contributed by atoms with van der Waals surface area (Å²) in [6.45, 7) is 1.98. The molecule has 1 saturated heterocycles. The number of likely N-dealkylation sites (N-methyl/N-ethyl adjacent to an activating group) is 1. The first kappa shape index (κ1) is 11.4. The Morgan fingerprint density at radius 3 is 2.80 bits per heavy atom. The van der Waals surface area contributed by atoms with Gasteiger partial charge in [0.25, 0.3) is 0 Å². The maximum atomic E-state index is 9.63. The number of rotatable bonds is 3. The minimum atomic E-state index is -0.0734. The zero-order chi connectivity index (χ0) is 10.7. The molecule has 3 nitrogen and oxygen atoms in total. The number of hydrogen-bond acceptors (Lipinski definition) is 3. The van der Waals surface area contributed by atoms with Crippen LogP contribution in [0.1, 0.15) is 38.5 Å². The van der Waals surface area contributed by atoms with Crippen LogP contribution in [-0.4, -0.2) is 48.5 Å². The fraction of sp³-hybridized carbons (Fsp3) is 1.00. The molecule has 0 aromatic rings. The van der Waals surface area contributed by atoms with Crippen LogP contribution in [0.15, 0.2) is 0 Å². The van der Waals surface area contributed by atoms with Gasteiger partial charge in [0.05, 0.1) is 12.2 Å². The molecule has 0 bridgehead atoms. The summed E-state index contributed by atoms with van der Waals surface area (Å²) in [6, 6.07) is 0.568. The highest BCUT2D eigenvalue weighted by Gasteiger charge is 2.26. The number of aliphatic hydroxyl groups excluding tert-OH is 1. The first-order valence-corrected chi connectivity index (χ1v) is 6.25. The minimum Gasteiger partial charge on any atom is -0.393 e. The molecule has 3 unspecified atom stereocenters. The van der Waals surface area contributed by atoms with Gasteiger partial charge in [0.1, 0.15) is 0 Å². The van der Waals surface area contributed by atoms with E-state index in [1.165, 1.54) is 25.7 Å². The van der Waals surface area contributed by atoms with Crippen LogP contribution in [0, 0.1) is 0 Å². The van der Waals surface area contributed by atoms with E-state index < -0.39 is 0 Å². The molecular weight excluding hydrogens is 190 g/mol. The van der Waals surface area contributed by atoms with Crippen LogP contribution in [-0.2, 0) is 4.74 Å². The van der Waals surface area contributed by atoms with Crippen molar-refractivity contribution in [1.29, 1.82) is 0 Å². The average molecular weight is 213 g/mol. The highest BCUT2D eigenvalue weighted by atomic mass is 16.5. The van der Waals surface area contributed by atoms with Crippen molar-refractivity contribution in [3.63, 3.8) is 0 Å². The third kappa shape index (κ3) is 3.16. The standard InChI is InChI=1S/C12H23NO2/c1-13(9-12-6-3-7-15-12)10-4-2-5-11(14)8-10/h10-12,14H,2-9H2,1H3. The van der Waals surface area contributed by atoms with E-state index in [0.717, 1.165) is 26.0 Å². The topological polar surface area (TPSA) is 32.7 Å². The van der Waals surface area contributed by atoms with Gasteiger partial charge < -0.3 is 14.7 Å². The van der Waals surface area contributed by atoms with Gasteiger partial charge in [0.15, 0.2) is 0 Å². The van der Waals surface area contributed by atoms with E-state index in [1.807, 2.05) is 0 Å². The molecule has 0 aromatic carbocycles. The van der Waals surface area contributed by atoms with Crippen molar-refractivity contribution in [1.82, 2.24) is 4.90 Å². The second kappa shape index (κ2) is 5.28. The zero-order valence-electron chi connectivity index (χ0n) is 9.69. The Morgan fingerprint density at radius 1 is 1.27 bits per heavy atom. The van der Waals surface area contributed by atoms with E-state index in [2.05, 4.69) is 11.9 Å². The number of hydrogen-bond donors (Lipinski definition) is 1. The van der Waals surface area contributed by atoms with Crippen LogP contribution in [0.5, 0.6) is 0 Å². The zero-order valence-corrected chi connectivity index (χ0v) is 9.69. The molecule has 0 radical (unpaired) electrons. The van der Waals surface area contributed by atoms with Gasteiger partial charge in [-0.25, -0.2) is 0 Å². The van der Waals surface area contributed by atoms with Gasteiger partial charge in [0, 0.05) is 19.2 Å². The molecule has 1 saturated carbocycles. The van der Waals surface area contributed by atoms with Crippen molar-refractivity contribution in [2.45, 2.75) is 56.8 Å². The molecule has 0 spiro atoms. The van der Waals surface area contributed by atoms with Crippen molar-refractivity contribution in [2.75, 3.05) is 20.2 Å². The molecule has 3 heteroatoms. The minimum absolute atomic E-state index is 0.0734. The predicted molar refractivity (Wildman–Crippen MR) is 59.9 cm³/mol. The fourth-order valence-electron chi connectivity index (χ4n) is 2.80. The second-order valence-electron chi connectivity index (χ2n) is 5.05. The largest absolute Gasteiger partial charge is 0.393 e. The summed E-state index contributed by atoms with van der Waals surface area (Å²) in [5.41, 5.74) is 0. The van der Waals surface area contributed by atoms with Crippen molar-refractivity contribution in [2.24, 2.45) is 0 Å². The van der Waals surface area contributed by atoms with Crippen LogP contribution in [0.4, 0.5) is 0 Å². The van der Waals surface area contributed by atoms with Crippen molar-refractivity contribution < 1.29 is 9.84 Å². The molecule has 2 rings (SSSR count). The monoisotopic (exact) mass is 213 g/mol. The quantitative estimate of drug-likeness (QED) is 0.769. The van der Waals surface area contributed by atoms with E-state index in [1.54, 1.807) is 0 Å². The summed E-state index contributed by atoms with van der Waals surface area (Å²) < 4.78 is 5.64. The molecule has 2 aliphatic rings. The van der Waals surface area contributed by atoms with Gasteiger partial charge in [0.2, 0.25) is 0 Å². The summed E-state index contributed by atoms with van der Waals surface area (Å²) in [7, 11) is 2.17. The van der Waals surface area contributed by atoms with Gasteiger partial charge in [-0.1, -0.05) is 0 Å². The van der Waals surface area contributed by atoms with Crippen LogP contribution in [0.25, 0.3) is 0 Å². The molecule has 15 heavy (non-hydrogen) atoms. The third-order valence-electron chi connectivity index (χ3n) is 3.76. The van der Waals surface area contributed by atoms with Crippen LogP contribution >= 0.6 is 0 Å². The first-order chi connectivity index (χ1) is 7.25. The highest BCUT2D eigenvalue weighted by Crippen LogP contribution is 2.23. The maximum absolute atomic E-state index is 9.63. The molecule has 88 valence electrons. The summed E-state index contributed by atoms with van der Waals surface area (Å²) in [5.74, 6) is 0. The second-order valence-corrected chi connectivity index (χ2v) is 5.05. The van der Waals surface area contributed by atoms with E-state index in [4.69, 9.17) is 4.74 Å². The molecular formula is C12H23NO2. The lowest BCUT2D eigenvalue weighted by atomic mass is 9.92. The van der Waals surface area contributed by atoms with Crippen molar-refractivity contribution in [3.8, 4) is 0 Å². The van der Waals surface area contributed by atoms with Crippen LogP contribution < -0.4 is 0 Å². The van der Waals surface area contributed by atoms with Gasteiger partial charge in [-0.2, -0.15) is 0 Å². The lowest BCUT2D eigenvalue weighted by Gasteiger charge is -2.34. The first-order valence-electron chi connectivity index (χ1n) is 6.25.